The second-order valence-corrected chi connectivity index (χ2v) is 5.77. The molecule has 0 bridgehead atoms. The first-order valence-corrected chi connectivity index (χ1v) is 6.71. The molecule has 1 aromatic rings. The molecule has 0 saturated carbocycles. The average molecular weight is 234 g/mol. The highest BCUT2D eigenvalue weighted by Gasteiger charge is 2.06. The Labute approximate surface area is 106 Å². The van der Waals surface area contributed by atoms with Crippen LogP contribution in [0.3, 0.4) is 0 Å². The molecule has 17 heavy (non-hydrogen) atoms. The first-order chi connectivity index (χ1) is 7.99. The third-order valence-corrected chi connectivity index (χ3v) is 2.96. The maximum Gasteiger partial charge on any atom is 0.119 e. The van der Waals surface area contributed by atoms with Crippen molar-refractivity contribution in [2.45, 2.75) is 47.0 Å². The molecule has 96 valence electrons. The molecule has 1 unspecified atom stereocenters. The zero-order chi connectivity index (χ0) is 12.8. The van der Waals surface area contributed by atoms with Gasteiger partial charge in [-0.1, -0.05) is 46.8 Å². The molecule has 0 fully saturated rings. The Kier molecular flexibility index (Phi) is 5.54. The minimum Gasteiger partial charge on any atom is -0.493 e. The van der Waals surface area contributed by atoms with Crippen LogP contribution in [0.1, 0.15) is 52.5 Å². The number of benzene rings is 1. The smallest absolute Gasteiger partial charge is 0.119 e. The molecule has 0 saturated heterocycles. The van der Waals surface area contributed by atoms with Gasteiger partial charge in [-0.05, 0) is 41.9 Å². The average Bonchev–Trinajstić information content (AvgIpc) is 2.26. The lowest BCUT2D eigenvalue weighted by atomic mass is 10.00. The lowest BCUT2D eigenvalue weighted by Crippen LogP contribution is -2.10. The number of hydrogen-bond acceptors (Lipinski definition) is 1. The van der Waals surface area contributed by atoms with Crippen molar-refractivity contribution in [3.63, 3.8) is 0 Å². The predicted molar refractivity (Wildman–Crippen MR) is 74.6 cm³/mol. The molecule has 0 radical (unpaired) electrons. The molecule has 0 spiro atoms. The van der Waals surface area contributed by atoms with Crippen LogP contribution in [0, 0.1) is 11.8 Å². The Bertz CT molecular complexity index is 311. The number of rotatable bonds is 6. The van der Waals surface area contributed by atoms with Crippen LogP contribution in [-0.2, 0) is 0 Å². The Balaban J connectivity index is 2.42. The van der Waals surface area contributed by atoms with E-state index in [4.69, 9.17) is 4.74 Å². The van der Waals surface area contributed by atoms with Gasteiger partial charge in [0.2, 0.25) is 0 Å². The minimum atomic E-state index is 0.587. The van der Waals surface area contributed by atoms with Crippen molar-refractivity contribution >= 4 is 0 Å². The first kappa shape index (κ1) is 14.1. The highest BCUT2D eigenvalue weighted by Crippen LogP contribution is 2.19. The van der Waals surface area contributed by atoms with Crippen molar-refractivity contribution in [3.8, 4) is 5.75 Å². The highest BCUT2D eigenvalue weighted by molar-refractivity contribution is 5.28. The van der Waals surface area contributed by atoms with Crippen LogP contribution >= 0.6 is 0 Å². The third-order valence-electron chi connectivity index (χ3n) is 2.96. The van der Waals surface area contributed by atoms with Crippen LogP contribution < -0.4 is 4.74 Å². The van der Waals surface area contributed by atoms with E-state index in [0.29, 0.717) is 11.8 Å². The summed E-state index contributed by atoms with van der Waals surface area (Å²) in [6, 6.07) is 8.48. The Morgan fingerprint density at radius 1 is 0.941 bits per heavy atom. The fourth-order valence-corrected chi connectivity index (χ4v) is 2.06. The molecular weight excluding hydrogens is 208 g/mol. The van der Waals surface area contributed by atoms with Gasteiger partial charge in [0.25, 0.3) is 0 Å². The van der Waals surface area contributed by atoms with E-state index in [1.54, 1.807) is 0 Å². The van der Waals surface area contributed by atoms with Gasteiger partial charge in [-0.15, -0.1) is 0 Å². The molecule has 1 atom stereocenters. The first-order valence-electron chi connectivity index (χ1n) is 6.71. The van der Waals surface area contributed by atoms with Crippen molar-refractivity contribution in [2.24, 2.45) is 11.8 Å². The summed E-state index contributed by atoms with van der Waals surface area (Å²) < 4.78 is 5.80. The van der Waals surface area contributed by atoms with Crippen molar-refractivity contribution in [1.29, 1.82) is 0 Å². The molecule has 1 heteroatoms. The van der Waals surface area contributed by atoms with E-state index in [-0.39, 0.29) is 0 Å². The van der Waals surface area contributed by atoms with Gasteiger partial charge in [0.1, 0.15) is 5.75 Å². The predicted octanol–water partition coefficient (Wildman–Crippen LogP) is 4.87. The molecule has 0 aromatic heterocycles. The van der Waals surface area contributed by atoms with Crippen molar-refractivity contribution < 1.29 is 4.74 Å². The van der Waals surface area contributed by atoms with E-state index >= 15 is 0 Å². The fourth-order valence-electron chi connectivity index (χ4n) is 2.06. The largest absolute Gasteiger partial charge is 0.493 e. The Morgan fingerprint density at radius 2 is 1.53 bits per heavy atom. The lowest BCUT2D eigenvalue weighted by molar-refractivity contribution is 0.239. The Hall–Kier alpha value is -0.980. The molecule has 0 N–H and O–H groups in total. The van der Waals surface area contributed by atoms with Gasteiger partial charge in [-0.2, -0.15) is 0 Å². The number of ether oxygens (including phenoxy) is 1. The molecule has 0 aliphatic heterocycles. The molecule has 0 amide bonds. The van der Waals surface area contributed by atoms with Gasteiger partial charge in [-0.3, -0.25) is 0 Å². The van der Waals surface area contributed by atoms with Gasteiger partial charge in [0.15, 0.2) is 0 Å². The van der Waals surface area contributed by atoms with Crippen molar-refractivity contribution in [3.05, 3.63) is 29.8 Å². The quantitative estimate of drug-likeness (QED) is 0.682. The molecule has 0 aliphatic carbocycles. The van der Waals surface area contributed by atoms with E-state index < -0.39 is 0 Å². The summed E-state index contributed by atoms with van der Waals surface area (Å²) in [5.41, 5.74) is 1.37. The van der Waals surface area contributed by atoms with Crippen LogP contribution in [0.2, 0.25) is 0 Å². The highest BCUT2D eigenvalue weighted by atomic mass is 16.5. The normalized spacial score (nSPS) is 13.1. The summed E-state index contributed by atoms with van der Waals surface area (Å²) in [4.78, 5) is 0. The summed E-state index contributed by atoms with van der Waals surface area (Å²) in [6.45, 7) is 12.0. The summed E-state index contributed by atoms with van der Waals surface area (Å²) in [5.74, 6) is 2.95. The maximum absolute atomic E-state index is 5.80. The van der Waals surface area contributed by atoms with E-state index in [9.17, 15) is 0 Å². The monoisotopic (exact) mass is 234 g/mol. The number of hydrogen-bond donors (Lipinski definition) is 0. The fraction of sp³-hybridized carbons (Fsp3) is 0.625. The summed E-state index contributed by atoms with van der Waals surface area (Å²) in [7, 11) is 0. The maximum atomic E-state index is 5.80. The standard InChI is InChI=1S/C16H26O/c1-12(2)10-14(5)11-17-16-8-6-15(7-9-16)13(3)4/h6-9,12-14H,10-11H2,1-5H3. The third kappa shape index (κ3) is 5.25. The zero-order valence-electron chi connectivity index (χ0n) is 11.9. The van der Waals surface area contributed by atoms with E-state index in [0.717, 1.165) is 18.3 Å². The molecule has 0 aliphatic rings. The molecule has 1 aromatic carbocycles. The topological polar surface area (TPSA) is 9.23 Å². The second-order valence-electron chi connectivity index (χ2n) is 5.77. The van der Waals surface area contributed by atoms with Crippen LogP contribution in [0.5, 0.6) is 5.75 Å². The summed E-state index contributed by atoms with van der Waals surface area (Å²) >= 11 is 0. The molecule has 0 heterocycles. The van der Waals surface area contributed by atoms with Crippen molar-refractivity contribution in [1.82, 2.24) is 0 Å². The van der Waals surface area contributed by atoms with Gasteiger partial charge >= 0.3 is 0 Å². The van der Waals surface area contributed by atoms with Gasteiger partial charge < -0.3 is 4.74 Å². The summed E-state index contributed by atoms with van der Waals surface area (Å²) in [5, 5.41) is 0. The van der Waals surface area contributed by atoms with E-state index in [1.807, 2.05) is 0 Å². The summed E-state index contributed by atoms with van der Waals surface area (Å²) in [6.07, 6.45) is 1.23. The van der Waals surface area contributed by atoms with Crippen LogP contribution in [0.15, 0.2) is 24.3 Å². The molecule has 1 nitrogen and oxygen atoms in total. The molecule has 1 rings (SSSR count). The molecular formula is C16H26O. The van der Waals surface area contributed by atoms with Crippen molar-refractivity contribution in [2.75, 3.05) is 6.61 Å². The minimum absolute atomic E-state index is 0.587. The van der Waals surface area contributed by atoms with Gasteiger partial charge in [0, 0.05) is 0 Å². The lowest BCUT2D eigenvalue weighted by Gasteiger charge is -2.15. The Morgan fingerprint density at radius 3 is 2.00 bits per heavy atom. The SMILES string of the molecule is CC(C)CC(C)COc1ccc(C(C)C)cc1. The van der Waals surface area contributed by atoms with Crippen LogP contribution in [0.4, 0.5) is 0 Å². The van der Waals surface area contributed by atoms with Gasteiger partial charge in [-0.25, -0.2) is 0 Å². The van der Waals surface area contributed by atoms with Crippen LogP contribution in [0.25, 0.3) is 0 Å². The zero-order valence-corrected chi connectivity index (χ0v) is 11.9. The van der Waals surface area contributed by atoms with E-state index in [2.05, 4.69) is 58.9 Å². The van der Waals surface area contributed by atoms with Gasteiger partial charge in [0.05, 0.1) is 6.61 Å². The van der Waals surface area contributed by atoms with E-state index in [1.165, 1.54) is 12.0 Å². The second kappa shape index (κ2) is 6.68. The van der Waals surface area contributed by atoms with Crippen LogP contribution in [-0.4, -0.2) is 6.61 Å².